The van der Waals surface area contributed by atoms with Gasteiger partial charge in [-0.2, -0.15) is 8.42 Å². The Labute approximate surface area is 156 Å². The van der Waals surface area contributed by atoms with Crippen LogP contribution < -0.4 is 5.32 Å². The Balaban J connectivity index is 2.59. The van der Waals surface area contributed by atoms with E-state index < -0.39 is 54.7 Å². The molecule has 15 heteroatoms. The molecule has 1 aliphatic rings. The largest absolute Gasteiger partial charge is 0.314 e. The Bertz CT molecular complexity index is 1030. The molecule has 0 aliphatic carbocycles. The van der Waals surface area contributed by atoms with Crippen LogP contribution in [0, 0.1) is 10.1 Å². The van der Waals surface area contributed by atoms with Gasteiger partial charge in [0.2, 0.25) is 16.8 Å². The number of nitro groups is 1. The average Bonchev–Trinajstić information content (AvgIpc) is 2.92. The molecule has 1 heterocycles. The van der Waals surface area contributed by atoms with Crippen molar-refractivity contribution in [2.75, 3.05) is 0 Å². The zero-order valence-electron chi connectivity index (χ0n) is 14.1. The normalized spacial score (nSPS) is 16.3. The van der Waals surface area contributed by atoms with Crippen molar-refractivity contribution in [2.45, 2.75) is 24.8 Å². The number of para-hydroxylation sites is 1. The van der Waals surface area contributed by atoms with Crippen molar-refractivity contribution >= 4 is 39.2 Å². The number of nitrogens with one attached hydrogen (secondary N) is 1. The van der Waals surface area contributed by atoms with Crippen molar-refractivity contribution in [1.29, 1.82) is 0 Å². The molecule has 1 aromatic carbocycles. The fourth-order valence-electron chi connectivity index (χ4n) is 2.60. The minimum Gasteiger partial charge on any atom is -0.314 e. The minimum absolute atomic E-state index is 0.170. The number of imide groups is 1. The first-order chi connectivity index (χ1) is 12.9. The summed E-state index contributed by atoms with van der Waals surface area (Å²) in [5.41, 5.74) is 6.31. The zero-order valence-corrected chi connectivity index (χ0v) is 14.9. The van der Waals surface area contributed by atoms with E-state index in [1.54, 1.807) is 5.32 Å². The predicted octanol–water partition coefficient (Wildman–Crippen LogP) is 0.977. The topological polar surface area (TPSA) is 213 Å². The number of hydrogen-bond donors (Lipinski definition) is 2. The van der Waals surface area contributed by atoms with Gasteiger partial charge in [0.15, 0.2) is 0 Å². The summed E-state index contributed by atoms with van der Waals surface area (Å²) in [7, 11) is -5.27. The molecule has 148 valence electrons. The Morgan fingerprint density at radius 3 is 2.43 bits per heavy atom. The average molecular weight is 412 g/mol. The molecule has 1 aliphatic heterocycles. The van der Waals surface area contributed by atoms with Crippen LogP contribution in [0.2, 0.25) is 0 Å². The van der Waals surface area contributed by atoms with Crippen LogP contribution in [0.1, 0.15) is 30.1 Å². The van der Waals surface area contributed by atoms with Gasteiger partial charge >= 0.3 is 10.1 Å². The number of amides is 3. The van der Waals surface area contributed by atoms with E-state index in [9.17, 15) is 37.5 Å². The third-order valence-electron chi connectivity index (χ3n) is 3.92. The lowest BCUT2D eigenvalue weighted by Gasteiger charge is -2.34. The summed E-state index contributed by atoms with van der Waals surface area (Å²) < 4.78 is 33.3. The Kier molecular flexibility index (Phi) is 5.36. The first-order valence-electron chi connectivity index (χ1n) is 7.42. The van der Waals surface area contributed by atoms with Crippen LogP contribution in [0.25, 0.3) is 10.4 Å². The molecule has 0 spiro atoms. The van der Waals surface area contributed by atoms with Crippen molar-refractivity contribution < 1.29 is 32.3 Å². The predicted molar refractivity (Wildman–Crippen MR) is 90.4 cm³/mol. The minimum atomic E-state index is -5.27. The highest BCUT2D eigenvalue weighted by molar-refractivity contribution is 7.87. The van der Waals surface area contributed by atoms with Crippen LogP contribution in [-0.4, -0.2) is 45.5 Å². The molecule has 3 amide bonds. The number of nitrogens with zero attached hydrogens (tertiary/aromatic N) is 5. The van der Waals surface area contributed by atoms with E-state index in [1.807, 2.05) is 0 Å². The Morgan fingerprint density at radius 2 is 1.96 bits per heavy atom. The molecule has 1 fully saturated rings. The maximum Gasteiger partial charge on any atom is 0.309 e. The first-order valence-corrected chi connectivity index (χ1v) is 8.86. The second kappa shape index (κ2) is 7.22. The van der Waals surface area contributed by atoms with Crippen molar-refractivity contribution in [3.63, 3.8) is 0 Å². The van der Waals surface area contributed by atoms with Gasteiger partial charge < -0.3 is 5.32 Å². The van der Waals surface area contributed by atoms with E-state index in [4.69, 9.17) is 5.53 Å². The lowest BCUT2D eigenvalue weighted by Crippen LogP contribution is -2.64. The van der Waals surface area contributed by atoms with Gasteiger partial charge in [0, 0.05) is 17.8 Å². The lowest BCUT2D eigenvalue weighted by molar-refractivity contribution is -0.384. The highest BCUT2D eigenvalue weighted by atomic mass is 32.2. The number of carbonyl (C=O) groups is 3. The van der Waals surface area contributed by atoms with Crippen molar-refractivity contribution in [3.05, 3.63) is 44.3 Å². The Hall–Kier alpha value is -3.55. The van der Waals surface area contributed by atoms with Crippen LogP contribution in [-0.2, 0) is 19.7 Å². The Morgan fingerprint density at radius 1 is 1.39 bits per heavy atom. The number of carbonyl (C=O) groups excluding carboxylic acids is 3. The summed E-state index contributed by atoms with van der Waals surface area (Å²) >= 11 is 0. The summed E-state index contributed by atoms with van der Waals surface area (Å²) in [6.45, 7) is 0.685. The third-order valence-corrected chi connectivity index (χ3v) is 5.21. The van der Waals surface area contributed by atoms with Crippen LogP contribution in [0.15, 0.2) is 23.3 Å². The van der Waals surface area contributed by atoms with Gasteiger partial charge in [-0.25, -0.2) is 4.90 Å². The van der Waals surface area contributed by atoms with Gasteiger partial charge in [-0.15, -0.1) is 0 Å². The van der Waals surface area contributed by atoms with Gasteiger partial charge in [-0.05, 0) is 24.6 Å². The second-order valence-corrected chi connectivity index (χ2v) is 7.40. The molecule has 28 heavy (non-hydrogen) atoms. The molecule has 1 aromatic rings. The molecule has 0 bridgehead atoms. The second-order valence-electron chi connectivity index (χ2n) is 5.65. The summed E-state index contributed by atoms with van der Waals surface area (Å²) in [6.07, 6.45) is -0.682. The lowest BCUT2D eigenvalue weighted by atomic mass is 10.1. The van der Waals surface area contributed by atoms with E-state index in [1.165, 1.54) is 0 Å². The molecule has 0 radical (unpaired) electrons. The molecule has 2 N–H and O–H groups in total. The van der Waals surface area contributed by atoms with Crippen molar-refractivity contribution in [1.82, 2.24) is 10.2 Å². The van der Waals surface area contributed by atoms with E-state index in [2.05, 4.69) is 10.0 Å². The fraction of sp³-hybridized carbons (Fsp3) is 0.308. The molecular weight excluding hydrogens is 400 g/mol. The molecule has 1 atom stereocenters. The number of likely N-dealkylation sites (tertiary alicyclic amines) is 1. The highest BCUT2D eigenvalue weighted by Crippen LogP contribution is 2.32. The summed E-state index contributed by atoms with van der Waals surface area (Å²) in [4.78, 5) is 46.4. The van der Waals surface area contributed by atoms with Crippen molar-refractivity contribution in [2.24, 2.45) is 5.11 Å². The number of benzene rings is 1. The summed E-state index contributed by atoms with van der Waals surface area (Å²) in [5.74, 6) is -3.35. The number of rotatable bonds is 6. The summed E-state index contributed by atoms with van der Waals surface area (Å²) in [6, 6.07) is 3.11. The maximum atomic E-state index is 12.6. The van der Waals surface area contributed by atoms with E-state index >= 15 is 0 Å². The van der Waals surface area contributed by atoms with Gasteiger partial charge in [-0.3, -0.25) is 29.1 Å². The molecular formula is C13H12N6O8S. The molecule has 0 aromatic heterocycles. The summed E-state index contributed by atoms with van der Waals surface area (Å²) in [5, 5.41) is 16.2. The third kappa shape index (κ3) is 3.48. The first kappa shape index (κ1) is 20.8. The molecule has 14 nitrogen and oxygen atoms in total. The quantitative estimate of drug-likeness (QED) is 0.130. The molecule has 0 saturated carbocycles. The maximum absolute atomic E-state index is 12.6. The number of hydrogen-bond acceptors (Lipinski definition) is 8. The standard InChI is InChI=1S/C13H12N6O8S/c1-13(28(25,26)27,18-9(20)5-6-10(18)21)15-12(22)7-3-2-4-8(16-17-14)11(7)19(23)24/h2-4H,5-6H2,1H3,(H,15,22)(H,25,26,27). The van der Waals surface area contributed by atoms with Crippen LogP contribution in [0.3, 0.4) is 0 Å². The van der Waals surface area contributed by atoms with Crippen LogP contribution >= 0.6 is 0 Å². The van der Waals surface area contributed by atoms with Crippen LogP contribution in [0.4, 0.5) is 11.4 Å². The van der Waals surface area contributed by atoms with E-state index in [0.717, 1.165) is 18.2 Å². The smallest absolute Gasteiger partial charge is 0.309 e. The zero-order chi connectivity index (χ0) is 21.3. The SMILES string of the molecule is CC(NC(=O)c1cccc(N=[N+]=[N-])c1[N+](=O)[O-])(N1C(=O)CCC1=O)S(=O)(=O)O. The van der Waals surface area contributed by atoms with Gasteiger partial charge in [0.25, 0.3) is 11.6 Å². The van der Waals surface area contributed by atoms with Gasteiger partial charge in [0.05, 0.1) is 4.92 Å². The monoisotopic (exact) mass is 412 g/mol. The van der Waals surface area contributed by atoms with Gasteiger partial charge in [0.1, 0.15) is 11.3 Å². The number of nitro benzene ring substituents is 1. The fourth-order valence-corrected chi connectivity index (χ4v) is 3.26. The van der Waals surface area contributed by atoms with Gasteiger partial charge in [-0.1, -0.05) is 11.2 Å². The van der Waals surface area contributed by atoms with E-state index in [-0.39, 0.29) is 17.7 Å². The molecule has 1 saturated heterocycles. The number of azide groups is 1. The van der Waals surface area contributed by atoms with E-state index in [0.29, 0.717) is 6.92 Å². The molecule has 1 unspecified atom stereocenters. The highest BCUT2D eigenvalue weighted by Gasteiger charge is 2.53. The molecule has 2 rings (SSSR count). The van der Waals surface area contributed by atoms with Crippen molar-refractivity contribution in [3.8, 4) is 0 Å². The van der Waals surface area contributed by atoms with Crippen LogP contribution in [0.5, 0.6) is 0 Å².